The number of aliphatic hydroxyl groups excluding tert-OH is 1. The first-order chi connectivity index (χ1) is 25.8. The average molecular weight is 757 g/mol. The summed E-state index contributed by atoms with van der Waals surface area (Å²) in [6, 6.07) is 23.3. The second kappa shape index (κ2) is 18.0. The molecule has 3 N–H and O–H groups in total. The molecule has 13 heteroatoms. The Bertz CT molecular complexity index is 2030. The number of hydrogen-bond donors (Lipinski definition) is 3. The summed E-state index contributed by atoms with van der Waals surface area (Å²) >= 11 is 0. The van der Waals surface area contributed by atoms with Crippen molar-refractivity contribution < 1.29 is 28.3 Å². The number of nitrogens with zero attached hydrogens (tertiary/aromatic N) is 5. The molecule has 4 aromatic rings. The van der Waals surface area contributed by atoms with Crippen molar-refractivity contribution in [2.75, 3.05) is 26.2 Å². The summed E-state index contributed by atoms with van der Waals surface area (Å²) in [5.74, 6) is -0.678. The Morgan fingerprint density at radius 1 is 1.00 bits per heavy atom. The molecule has 288 valence electrons. The standard InChI is InChI=1S/C41H52N6O6S/c1-6-29(4)39(47-21-20-45(41(47)50)26-33-22-30(5)35-14-10-11-15-36(35)43-33)40(49)44-37(23-31-12-8-7-9-13-31)38(48)27-46(25-28(2)3)54(52,53)34-18-16-32(17-19-34)24-42-51/h7-19,22,24,28-29,37-39,48,51H,6,20-21,23,25-27H2,1-5H3,(H,44,49)/b42-24+/t29-,37-,38+,39-/m0/s1. The van der Waals surface area contributed by atoms with Gasteiger partial charge in [-0.05, 0) is 66.1 Å². The predicted octanol–water partition coefficient (Wildman–Crippen LogP) is 5.44. The first kappa shape index (κ1) is 40.3. The van der Waals surface area contributed by atoms with E-state index in [-0.39, 0.29) is 42.3 Å². The average Bonchev–Trinajstić information content (AvgIpc) is 3.49. The van der Waals surface area contributed by atoms with Crippen molar-refractivity contribution in [1.82, 2.24) is 24.4 Å². The molecule has 3 amide bonds. The van der Waals surface area contributed by atoms with E-state index < -0.39 is 34.1 Å². The van der Waals surface area contributed by atoms with Crippen LogP contribution in [0.3, 0.4) is 0 Å². The molecule has 0 aliphatic carbocycles. The van der Waals surface area contributed by atoms with Crippen LogP contribution < -0.4 is 5.32 Å². The van der Waals surface area contributed by atoms with Crippen molar-refractivity contribution in [3.63, 3.8) is 0 Å². The number of nitrogens with one attached hydrogen (secondary N) is 1. The number of aryl methyl sites for hydroxylation is 1. The number of urea groups is 1. The van der Waals surface area contributed by atoms with E-state index in [0.717, 1.165) is 27.7 Å². The highest BCUT2D eigenvalue weighted by molar-refractivity contribution is 7.89. The fraction of sp³-hybridized carbons (Fsp3) is 0.415. The number of pyridine rings is 1. The third-order valence-electron chi connectivity index (χ3n) is 10.0. The summed E-state index contributed by atoms with van der Waals surface area (Å²) in [4.78, 5) is 36.5. The first-order valence-electron chi connectivity index (χ1n) is 18.5. The van der Waals surface area contributed by atoms with Gasteiger partial charge in [0.1, 0.15) is 6.04 Å². The molecule has 1 aromatic heterocycles. The van der Waals surface area contributed by atoms with Crippen LogP contribution in [0.1, 0.15) is 56.5 Å². The van der Waals surface area contributed by atoms with Gasteiger partial charge >= 0.3 is 6.03 Å². The molecule has 3 aromatic carbocycles. The number of carbonyl (C=O) groups excluding carboxylic acids is 2. The maximum Gasteiger partial charge on any atom is 0.321 e. The number of para-hydroxylation sites is 1. The van der Waals surface area contributed by atoms with Gasteiger partial charge in [-0.15, -0.1) is 0 Å². The Hall–Kier alpha value is -4.85. The molecule has 1 aliphatic heterocycles. The number of fused-ring (bicyclic) bond motifs is 1. The lowest BCUT2D eigenvalue weighted by Crippen LogP contribution is -2.57. The molecule has 0 saturated carbocycles. The van der Waals surface area contributed by atoms with Gasteiger partial charge in [-0.2, -0.15) is 4.31 Å². The third kappa shape index (κ3) is 9.62. The summed E-state index contributed by atoms with van der Waals surface area (Å²) in [6.45, 7) is 10.7. The van der Waals surface area contributed by atoms with Gasteiger partial charge in [0, 0.05) is 31.6 Å². The highest BCUT2D eigenvalue weighted by Gasteiger charge is 2.41. The molecule has 0 bridgehead atoms. The molecule has 54 heavy (non-hydrogen) atoms. The topological polar surface area (TPSA) is 156 Å². The van der Waals surface area contributed by atoms with Crippen molar-refractivity contribution in [3.8, 4) is 0 Å². The number of benzene rings is 3. The molecule has 1 fully saturated rings. The quantitative estimate of drug-likeness (QED) is 0.0737. The normalized spacial score (nSPS) is 16.0. The largest absolute Gasteiger partial charge is 0.411 e. The zero-order chi connectivity index (χ0) is 39.0. The number of amides is 3. The number of rotatable bonds is 17. The smallest absolute Gasteiger partial charge is 0.321 e. The van der Waals surface area contributed by atoms with E-state index in [0.29, 0.717) is 31.6 Å². The molecule has 0 radical (unpaired) electrons. The maximum atomic E-state index is 14.4. The number of hydrogen-bond acceptors (Lipinski definition) is 8. The predicted molar refractivity (Wildman–Crippen MR) is 210 cm³/mol. The van der Waals surface area contributed by atoms with Gasteiger partial charge in [0.05, 0.1) is 41.0 Å². The highest BCUT2D eigenvalue weighted by atomic mass is 32.2. The second-order valence-electron chi connectivity index (χ2n) is 14.6. The molecule has 0 spiro atoms. The summed E-state index contributed by atoms with van der Waals surface area (Å²) < 4.78 is 29.2. The molecule has 5 rings (SSSR count). The van der Waals surface area contributed by atoms with Crippen molar-refractivity contribution in [3.05, 3.63) is 107 Å². The maximum absolute atomic E-state index is 14.4. The molecule has 12 nitrogen and oxygen atoms in total. The summed E-state index contributed by atoms with van der Waals surface area (Å²) in [5.41, 5.74) is 4.08. The summed E-state index contributed by atoms with van der Waals surface area (Å²) in [5, 5.41) is 27.9. The van der Waals surface area contributed by atoms with E-state index in [4.69, 9.17) is 10.2 Å². The first-order valence-corrected chi connectivity index (χ1v) is 20.0. The second-order valence-corrected chi connectivity index (χ2v) is 16.5. The molecule has 4 atom stereocenters. The third-order valence-corrected chi connectivity index (χ3v) is 11.9. The summed E-state index contributed by atoms with van der Waals surface area (Å²) in [7, 11) is -4.07. The zero-order valence-electron chi connectivity index (χ0n) is 31.7. The molecular weight excluding hydrogens is 705 g/mol. The van der Waals surface area contributed by atoms with Crippen LogP contribution in [-0.2, 0) is 27.8 Å². The van der Waals surface area contributed by atoms with Crippen LogP contribution in [0, 0.1) is 18.8 Å². The van der Waals surface area contributed by atoms with E-state index in [1.165, 1.54) is 34.8 Å². The molecule has 1 saturated heterocycles. The van der Waals surface area contributed by atoms with Gasteiger partial charge in [-0.25, -0.2) is 13.2 Å². The van der Waals surface area contributed by atoms with Gasteiger partial charge in [-0.1, -0.05) is 99.9 Å². The van der Waals surface area contributed by atoms with Crippen LogP contribution in [0.25, 0.3) is 10.9 Å². The van der Waals surface area contributed by atoms with Crippen LogP contribution in [0.15, 0.2) is 95.0 Å². The lowest BCUT2D eigenvalue weighted by molar-refractivity contribution is -0.128. The minimum absolute atomic E-state index is 0.0251. The van der Waals surface area contributed by atoms with Crippen LogP contribution in [0.5, 0.6) is 0 Å². The Morgan fingerprint density at radius 3 is 2.35 bits per heavy atom. The summed E-state index contributed by atoms with van der Waals surface area (Å²) in [6.07, 6.45) is 0.765. The van der Waals surface area contributed by atoms with Crippen LogP contribution in [-0.4, -0.2) is 100 Å². The van der Waals surface area contributed by atoms with Gasteiger partial charge < -0.3 is 25.4 Å². The van der Waals surface area contributed by atoms with Crippen molar-refractivity contribution in [2.45, 2.75) is 77.1 Å². The zero-order valence-corrected chi connectivity index (χ0v) is 32.5. The van der Waals surface area contributed by atoms with Crippen molar-refractivity contribution in [1.29, 1.82) is 0 Å². The van der Waals surface area contributed by atoms with Crippen LogP contribution >= 0.6 is 0 Å². The number of aliphatic hydroxyl groups is 1. The Morgan fingerprint density at radius 2 is 1.69 bits per heavy atom. The van der Waals surface area contributed by atoms with E-state index in [1.54, 1.807) is 9.80 Å². The van der Waals surface area contributed by atoms with Crippen molar-refractivity contribution in [2.24, 2.45) is 17.0 Å². The van der Waals surface area contributed by atoms with E-state index >= 15 is 0 Å². The lowest BCUT2D eigenvalue weighted by atomic mass is 9.95. The van der Waals surface area contributed by atoms with Crippen molar-refractivity contribution >= 4 is 39.1 Å². The minimum atomic E-state index is -4.07. The molecule has 1 aliphatic rings. The SMILES string of the molecule is CC[C@H](C)[C@@H](C(=O)N[C@@H](Cc1ccccc1)[C@H](O)CN(CC(C)C)S(=O)(=O)c1ccc(/C=N/O)cc1)N1CCN(Cc2cc(C)c3ccccc3n2)C1=O. The minimum Gasteiger partial charge on any atom is -0.411 e. The molecular formula is C41H52N6O6S. The molecule has 2 heterocycles. The fourth-order valence-corrected chi connectivity index (χ4v) is 8.63. The van der Waals surface area contributed by atoms with E-state index in [2.05, 4.69) is 10.5 Å². The number of carbonyl (C=O) groups is 2. The van der Waals surface area contributed by atoms with Gasteiger partial charge in [0.2, 0.25) is 15.9 Å². The fourth-order valence-electron chi connectivity index (χ4n) is 7.01. The number of aromatic nitrogens is 1. The van der Waals surface area contributed by atoms with Gasteiger partial charge in [0.15, 0.2) is 0 Å². The van der Waals surface area contributed by atoms with Gasteiger partial charge in [-0.3, -0.25) is 9.78 Å². The van der Waals surface area contributed by atoms with Gasteiger partial charge in [0.25, 0.3) is 0 Å². The number of sulfonamides is 1. The number of oxime groups is 1. The Kier molecular flexibility index (Phi) is 13.4. The Labute approximate surface area is 318 Å². The molecule has 0 unspecified atom stereocenters. The Balaban J connectivity index is 1.38. The highest BCUT2D eigenvalue weighted by Crippen LogP contribution is 2.25. The van der Waals surface area contributed by atoms with Crippen LogP contribution in [0.2, 0.25) is 0 Å². The van der Waals surface area contributed by atoms with E-state index in [9.17, 15) is 23.1 Å². The lowest BCUT2D eigenvalue weighted by Gasteiger charge is -2.35. The monoisotopic (exact) mass is 756 g/mol. The van der Waals surface area contributed by atoms with Crippen LogP contribution in [0.4, 0.5) is 4.79 Å². The van der Waals surface area contributed by atoms with E-state index in [1.807, 2.05) is 95.3 Å².